The monoisotopic (exact) mass is 325 g/mol. The van der Waals surface area contributed by atoms with Gasteiger partial charge in [0.25, 0.3) is 0 Å². The molecular formula is C15H17BrFNO. The third-order valence-corrected chi connectivity index (χ3v) is 4.91. The van der Waals surface area contributed by atoms with E-state index in [0.717, 1.165) is 24.1 Å². The molecule has 4 heteroatoms. The number of halogens is 2. The Bertz CT molecular complexity index is 515. The van der Waals surface area contributed by atoms with E-state index in [1.165, 1.54) is 6.42 Å². The molecule has 0 spiro atoms. The molecule has 1 aromatic rings. The molecule has 0 amide bonds. The maximum absolute atomic E-state index is 13.6. The number of piperidine rings is 2. The molecule has 2 heterocycles. The number of Topliss-reactive ketones (excluding diaryl/α,β-unsaturated/α-hetero) is 1. The number of nitrogens with zero attached hydrogens (tertiary/aromatic N) is 1. The first kappa shape index (κ1) is 13.1. The average molecular weight is 326 g/mol. The van der Waals surface area contributed by atoms with Gasteiger partial charge in [-0.25, -0.2) is 4.39 Å². The third-order valence-electron chi connectivity index (χ3n) is 4.31. The Morgan fingerprint density at radius 2 is 1.89 bits per heavy atom. The number of fused-ring (bicyclic) bond motifs is 2. The molecule has 0 N–H and O–H groups in total. The lowest BCUT2D eigenvalue weighted by molar-refractivity contribution is -0.121. The highest BCUT2D eigenvalue weighted by molar-refractivity contribution is 9.10. The summed E-state index contributed by atoms with van der Waals surface area (Å²) < 4.78 is 14.1. The van der Waals surface area contributed by atoms with Crippen molar-refractivity contribution in [3.05, 3.63) is 28.0 Å². The molecule has 2 saturated heterocycles. The molecule has 2 aliphatic rings. The normalized spacial score (nSPS) is 26.7. The third kappa shape index (κ3) is 2.31. The van der Waals surface area contributed by atoms with E-state index in [-0.39, 0.29) is 5.82 Å². The molecule has 2 unspecified atom stereocenters. The molecule has 102 valence electrons. The van der Waals surface area contributed by atoms with Gasteiger partial charge in [0.2, 0.25) is 0 Å². The van der Waals surface area contributed by atoms with Gasteiger partial charge in [0.1, 0.15) is 11.6 Å². The number of ketones is 1. The second kappa shape index (κ2) is 4.89. The lowest BCUT2D eigenvalue weighted by Gasteiger charge is -2.47. The molecule has 3 rings (SSSR count). The molecule has 2 aliphatic heterocycles. The van der Waals surface area contributed by atoms with Crippen molar-refractivity contribution in [2.24, 2.45) is 0 Å². The first-order valence-electron chi connectivity index (χ1n) is 6.82. The molecule has 0 aromatic heterocycles. The predicted octanol–water partition coefficient (Wildman–Crippen LogP) is 3.99. The highest BCUT2D eigenvalue weighted by Crippen LogP contribution is 2.39. The summed E-state index contributed by atoms with van der Waals surface area (Å²) in [6.45, 7) is 1.94. The first-order valence-corrected chi connectivity index (χ1v) is 7.61. The van der Waals surface area contributed by atoms with Gasteiger partial charge >= 0.3 is 0 Å². The smallest absolute Gasteiger partial charge is 0.137 e. The topological polar surface area (TPSA) is 20.3 Å². The van der Waals surface area contributed by atoms with Crippen molar-refractivity contribution in [1.82, 2.24) is 0 Å². The molecule has 2 atom stereocenters. The van der Waals surface area contributed by atoms with E-state index in [4.69, 9.17) is 0 Å². The van der Waals surface area contributed by atoms with Crippen LogP contribution in [0.25, 0.3) is 0 Å². The highest BCUT2D eigenvalue weighted by atomic mass is 79.9. The number of anilines is 1. The maximum Gasteiger partial charge on any atom is 0.137 e. The number of rotatable bonds is 1. The van der Waals surface area contributed by atoms with Crippen molar-refractivity contribution in [1.29, 1.82) is 0 Å². The van der Waals surface area contributed by atoms with E-state index in [1.54, 1.807) is 6.07 Å². The minimum absolute atomic E-state index is 0.223. The lowest BCUT2D eigenvalue weighted by atomic mass is 9.83. The highest BCUT2D eigenvalue weighted by Gasteiger charge is 2.38. The van der Waals surface area contributed by atoms with E-state index < -0.39 is 0 Å². The first-order chi connectivity index (χ1) is 9.06. The average Bonchev–Trinajstić information content (AvgIpc) is 2.33. The second-order valence-electron chi connectivity index (χ2n) is 5.65. The standard InChI is InChI=1S/C15H17BrFNO/c1-9-5-14(17)13(16)8-15(9)18-10-3-2-4-11(18)7-12(19)6-10/h5,8,10-11H,2-4,6-7H2,1H3. The minimum Gasteiger partial charge on any atom is -0.364 e. The Kier molecular flexibility index (Phi) is 3.37. The van der Waals surface area contributed by atoms with Gasteiger partial charge in [0, 0.05) is 30.6 Å². The van der Waals surface area contributed by atoms with Gasteiger partial charge in [-0.3, -0.25) is 4.79 Å². The van der Waals surface area contributed by atoms with E-state index in [1.807, 2.05) is 13.0 Å². The minimum atomic E-state index is -0.223. The Labute approximate surface area is 121 Å². The molecule has 2 bridgehead atoms. The molecule has 2 fully saturated rings. The Morgan fingerprint density at radius 1 is 1.26 bits per heavy atom. The van der Waals surface area contributed by atoms with Crippen LogP contribution < -0.4 is 4.90 Å². The van der Waals surface area contributed by atoms with Crippen LogP contribution in [0.5, 0.6) is 0 Å². The molecular weight excluding hydrogens is 309 g/mol. The summed E-state index contributed by atoms with van der Waals surface area (Å²) in [6, 6.07) is 4.05. The van der Waals surface area contributed by atoms with Crippen LogP contribution in [-0.4, -0.2) is 17.9 Å². The van der Waals surface area contributed by atoms with Gasteiger partial charge in [-0.1, -0.05) is 0 Å². The van der Waals surface area contributed by atoms with Crippen LogP contribution >= 0.6 is 15.9 Å². The Balaban J connectivity index is 2.01. The van der Waals surface area contributed by atoms with Crippen molar-refractivity contribution in [2.45, 2.75) is 51.1 Å². The molecule has 19 heavy (non-hydrogen) atoms. The summed E-state index contributed by atoms with van der Waals surface area (Å²) in [7, 11) is 0. The van der Waals surface area contributed by atoms with Crippen LogP contribution in [0.4, 0.5) is 10.1 Å². The van der Waals surface area contributed by atoms with Crippen LogP contribution in [0, 0.1) is 12.7 Å². The zero-order valence-corrected chi connectivity index (χ0v) is 12.5. The number of carbonyl (C=O) groups excluding carboxylic acids is 1. The summed E-state index contributed by atoms with van der Waals surface area (Å²) in [5, 5.41) is 0. The van der Waals surface area contributed by atoms with Crippen LogP contribution in [-0.2, 0) is 4.79 Å². The van der Waals surface area contributed by atoms with Crippen LogP contribution in [0.1, 0.15) is 37.7 Å². The van der Waals surface area contributed by atoms with Crippen LogP contribution in [0.2, 0.25) is 0 Å². The van der Waals surface area contributed by atoms with E-state index >= 15 is 0 Å². The van der Waals surface area contributed by atoms with E-state index in [2.05, 4.69) is 20.8 Å². The maximum atomic E-state index is 13.6. The summed E-state index contributed by atoms with van der Waals surface area (Å²) in [5.74, 6) is 0.157. The fourth-order valence-electron chi connectivity index (χ4n) is 3.48. The SMILES string of the molecule is Cc1cc(F)c(Br)cc1N1C2CCCC1CC(=O)C2. The molecule has 0 saturated carbocycles. The predicted molar refractivity (Wildman–Crippen MR) is 77.0 cm³/mol. The second-order valence-corrected chi connectivity index (χ2v) is 6.50. The van der Waals surface area contributed by atoms with E-state index in [0.29, 0.717) is 35.2 Å². The Morgan fingerprint density at radius 3 is 2.53 bits per heavy atom. The van der Waals surface area contributed by atoms with Gasteiger partial charge < -0.3 is 4.90 Å². The number of aryl methyl sites for hydroxylation is 1. The van der Waals surface area contributed by atoms with Crippen molar-refractivity contribution in [3.63, 3.8) is 0 Å². The van der Waals surface area contributed by atoms with Gasteiger partial charge in [-0.05, 0) is 59.8 Å². The van der Waals surface area contributed by atoms with Gasteiger partial charge in [0.15, 0.2) is 0 Å². The Hall–Kier alpha value is -0.900. The molecule has 0 radical (unpaired) electrons. The fraction of sp³-hybridized carbons (Fsp3) is 0.533. The quantitative estimate of drug-likeness (QED) is 0.778. The van der Waals surface area contributed by atoms with Crippen LogP contribution in [0.15, 0.2) is 16.6 Å². The van der Waals surface area contributed by atoms with Crippen molar-refractivity contribution in [3.8, 4) is 0 Å². The number of carbonyl (C=O) groups is 1. The van der Waals surface area contributed by atoms with Crippen molar-refractivity contribution >= 4 is 27.4 Å². The molecule has 1 aromatic carbocycles. The van der Waals surface area contributed by atoms with Crippen LogP contribution in [0.3, 0.4) is 0 Å². The summed E-state index contributed by atoms with van der Waals surface area (Å²) in [4.78, 5) is 14.1. The molecule has 0 aliphatic carbocycles. The number of hydrogen-bond donors (Lipinski definition) is 0. The van der Waals surface area contributed by atoms with Gasteiger partial charge in [-0.2, -0.15) is 0 Å². The largest absolute Gasteiger partial charge is 0.364 e. The lowest BCUT2D eigenvalue weighted by Crippen LogP contribution is -2.52. The number of benzene rings is 1. The van der Waals surface area contributed by atoms with Gasteiger partial charge in [-0.15, -0.1) is 0 Å². The summed E-state index contributed by atoms with van der Waals surface area (Å²) in [6.07, 6.45) is 4.61. The van der Waals surface area contributed by atoms with Crippen molar-refractivity contribution < 1.29 is 9.18 Å². The zero-order valence-electron chi connectivity index (χ0n) is 11.0. The fourth-order valence-corrected chi connectivity index (χ4v) is 3.81. The number of hydrogen-bond acceptors (Lipinski definition) is 2. The van der Waals surface area contributed by atoms with Gasteiger partial charge in [0.05, 0.1) is 4.47 Å². The molecule has 2 nitrogen and oxygen atoms in total. The summed E-state index contributed by atoms with van der Waals surface area (Å²) >= 11 is 3.27. The van der Waals surface area contributed by atoms with Crippen molar-refractivity contribution in [2.75, 3.05) is 4.90 Å². The van der Waals surface area contributed by atoms with E-state index in [9.17, 15) is 9.18 Å². The zero-order chi connectivity index (χ0) is 13.6. The summed E-state index contributed by atoms with van der Waals surface area (Å²) in [5.41, 5.74) is 2.03.